The fourth-order valence-corrected chi connectivity index (χ4v) is 3.18. The molecule has 2 heterocycles. The Morgan fingerprint density at radius 2 is 2.08 bits per heavy atom. The fraction of sp³-hybridized carbons (Fsp3) is 0.294. The Kier molecular flexibility index (Phi) is 4.19. The normalized spacial score (nSPS) is 13.5. The third kappa shape index (κ3) is 3.00. The van der Waals surface area contributed by atoms with Crippen molar-refractivity contribution in [2.45, 2.75) is 26.2 Å². The minimum absolute atomic E-state index is 0.437. The molecule has 0 unspecified atom stereocenters. The summed E-state index contributed by atoms with van der Waals surface area (Å²) in [5.41, 5.74) is 4.17. The second kappa shape index (κ2) is 6.64. The topological polar surface area (TPSA) is 83.9 Å². The molecule has 0 atom stereocenters. The molecule has 0 radical (unpaired) electrons. The zero-order valence-corrected chi connectivity index (χ0v) is 14.6. The Labute approximate surface area is 149 Å². The van der Waals surface area contributed by atoms with Crippen LogP contribution in [0.3, 0.4) is 0 Å². The summed E-state index contributed by atoms with van der Waals surface area (Å²) in [4.78, 5) is 0. The first-order valence-electron chi connectivity index (χ1n) is 8.27. The number of rotatable bonds is 5. The smallest absolute Gasteiger partial charge is 0.216 e. The van der Waals surface area contributed by atoms with Crippen molar-refractivity contribution < 1.29 is 4.74 Å². The van der Waals surface area contributed by atoms with E-state index in [1.165, 1.54) is 11.3 Å². The molecular formula is C17H18N6OS. The van der Waals surface area contributed by atoms with E-state index < -0.39 is 0 Å². The third-order valence-electron chi connectivity index (χ3n) is 4.18. The standard InChI is InChI=1S/C17H18N6OS/c1-2-24-12-8-6-11(7-9-12)10-18-23-16(21-22-17(23)25)15-13-4-3-5-14(13)19-20-15/h6-10H,2-5H2,1H3,(H,19,20)(H,22,25)/b18-10+. The van der Waals surface area contributed by atoms with Crippen molar-refractivity contribution in [1.82, 2.24) is 25.1 Å². The van der Waals surface area contributed by atoms with Crippen molar-refractivity contribution in [3.63, 3.8) is 0 Å². The summed E-state index contributed by atoms with van der Waals surface area (Å²) in [5.74, 6) is 1.47. The van der Waals surface area contributed by atoms with Gasteiger partial charge in [0.2, 0.25) is 10.6 Å². The molecule has 7 nitrogen and oxygen atoms in total. The van der Waals surface area contributed by atoms with Crippen molar-refractivity contribution in [2.75, 3.05) is 6.61 Å². The van der Waals surface area contributed by atoms with Gasteiger partial charge in [0.25, 0.3) is 0 Å². The van der Waals surface area contributed by atoms with Crippen LogP contribution < -0.4 is 4.74 Å². The van der Waals surface area contributed by atoms with Gasteiger partial charge in [-0.05, 0) is 68.2 Å². The second-order valence-electron chi connectivity index (χ2n) is 5.79. The molecule has 2 aromatic heterocycles. The molecule has 1 aromatic carbocycles. The van der Waals surface area contributed by atoms with Gasteiger partial charge >= 0.3 is 0 Å². The van der Waals surface area contributed by atoms with Crippen molar-refractivity contribution in [1.29, 1.82) is 0 Å². The highest BCUT2D eigenvalue weighted by atomic mass is 32.1. The Morgan fingerprint density at radius 1 is 1.24 bits per heavy atom. The lowest BCUT2D eigenvalue weighted by atomic mass is 10.2. The number of hydrogen-bond acceptors (Lipinski definition) is 5. The molecule has 3 aromatic rings. The molecule has 0 bridgehead atoms. The van der Waals surface area contributed by atoms with Crippen LogP contribution >= 0.6 is 12.2 Å². The van der Waals surface area contributed by atoms with Crippen LogP contribution in [0.15, 0.2) is 29.4 Å². The maximum absolute atomic E-state index is 5.45. The Balaban J connectivity index is 1.65. The van der Waals surface area contributed by atoms with E-state index >= 15 is 0 Å². The molecular weight excluding hydrogens is 336 g/mol. The summed E-state index contributed by atoms with van der Waals surface area (Å²) < 4.78 is 7.50. The average Bonchev–Trinajstić information content (AvgIpc) is 3.31. The quantitative estimate of drug-likeness (QED) is 0.545. The highest BCUT2D eigenvalue weighted by Gasteiger charge is 2.23. The largest absolute Gasteiger partial charge is 0.494 e. The zero-order chi connectivity index (χ0) is 17.2. The van der Waals surface area contributed by atoms with Crippen LogP contribution in [0, 0.1) is 4.77 Å². The summed E-state index contributed by atoms with van der Waals surface area (Å²) >= 11 is 5.32. The van der Waals surface area contributed by atoms with Crippen LogP contribution in [0.2, 0.25) is 0 Å². The highest BCUT2D eigenvalue weighted by Crippen LogP contribution is 2.29. The Morgan fingerprint density at radius 3 is 2.88 bits per heavy atom. The van der Waals surface area contributed by atoms with Crippen LogP contribution in [0.1, 0.15) is 30.2 Å². The predicted octanol–water partition coefficient (Wildman–Crippen LogP) is 3.10. The number of hydrogen-bond donors (Lipinski definition) is 2. The van der Waals surface area contributed by atoms with E-state index in [0.29, 0.717) is 17.2 Å². The van der Waals surface area contributed by atoms with Gasteiger partial charge in [-0.25, -0.2) is 5.10 Å². The molecule has 0 fully saturated rings. The van der Waals surface area contributed by atoms with E-state index in [2.05, 4.69) is 25.5 Å². The summed E-state index contributed by atoms with van der Waals surface area (Å²) in [6.45, 7) is 2.61. The van der Waals surface area contributed by atoms with Gasteiger partial charge in [-0.2, -0.15) is 20.0 Å². The van der Waals surface area contributed by atoms with Crippen LogP contribution in [-0.2, 0) is 12.8 Å². The van der Waals surface area contributed by atoms with E-state index in [0.717, 1.165) is 36.3 Å². The SMILES string of the molecule is CCOc1ccc(/C=N/n2c(-c3n[nH]c4c3CCC4)n[nH]c2=S)cc1. The number of H-pyrrole nitrogens is 2. The number of nitrogens with one attached hydrogen (secondary N) is 2. The monoisotopic (exact) mass is 354 g/mol. The molecule has 0 spiro atoms. The van der Waals surface area contributed by atoms with E-state index in [1.54, 1.807) is 10.9 Å². The number of ether oxygens (including phenoxy) is 1. The summed E-state index contributed by atoms with van der Waals surface area (Å²) in [5, 5.41) is 19.1. The van der Waals surface area contributed by atoms with Gasteiger partial charge in [-0.3, -0.25) is 5.10 Å². The van der Waals surface area contributed by atoms with Crippen LogP contribution in [-0.4, -0.2) is 37.9 Å². The molecule has 2 N–H and O–H groups in total. The first-order valence-corrected chi connectivity index (χ1v) is 8.68. The van der Waals surface area contributed by atoms with E-state index in [-0.39, 0.29) is 0 Å². The van der Waals surface area contributed by atoms with Crippen LogP contribution in [0.4, 0.5) is 0 Å². The fourth-order valence-electron chi connectivity index (χ4n) is 3.00. The molecule has 0 aliphatic heterocycles. The van der Waals surface area contributed by atoms with Crippen LogP contribution in [0.5, 0.6) is 5.75 Å². The minimum Gasteiger partial charge on any atom is -0.494 e. The maximum atomic E-state index is 5.45. The molecule has 0 amide bonds. The third-order valence-corrected chi connectivity index (χ3v) is 4.45. The number of nitrogens with zero attached hydrogens (tertiary/aromatic N) is 4. The van der Waals surface area contributed by atoms with E-state index in [9.17, 15) is 0 Å². The average molecular weight is 354 g/mol. The van der Waals surface area contributed by atoms with Gasteiger partial charge in [0.15, 0.2) is 0 Å². The number of aromatic nitrogens is 5. The number of aryl methyl sites for hydroxylation is 1. The first kappa shape index (κ1) is 15.8. The van der Waals surface area contributed by atoms with Gasteiger partial charge in [0, 0.05) is 11.3 Å². The highest BCUT2D eigenvalue weighted by molar-refractivity contribution is 7.71. The summed E-state index contributed by atoms with van der Waals surface area (Å²) in [6.07, 6.45) is 4.92. The molecule has 128 valence electrons. The molecule has 1 aliphatic carbocycles. The van der Waals surface area contributed by atoms with Crippen molar-refractivity contribution in [3.8, 4) is 17.3 Å². The lowest BCUT2D eigenvalue weighted by Gasteiger charge is -2.02. The Bertz CT molecular complexity index is 966. The van der Waals surface area contributed by atoms with E-state index in [4.69, 9.17) is 17.0 Å². The number of aromatic amines is 2. The van der Waals surface area contributed by atoms with Crippen molar-refractivity contribution >= 4 is 18.4 Å². The number of fused-ring (bicyclic) bond motifs is 1. The van der Waals surface area contributed by atoms with Crippen LogP contribution in [0.25, 0.3) is 11.5 Å². The molecule has 4 rings (SSSR count). The predicted molar refractivity (Wildman–Crippen MR) is 97.6 cm³/mol. The van der Waals surface area contributed by atoms with Gasteiger partial charge in [0.05, 0.1) is 12.8 Å². The first-order chi connectivity index (χ1) is 12.3. The molecule has 25 heavy (non-hydrogen) atoms. The van der Waals surface area contributed by atoms with E-state index in [1.807, 2.05) is 31.2 Å². The Hall–Kier alpha value is -2.74. The second-order valence-corrected chi connectivity index (χ2v) is 6.18. The van der Waals surface area contributed by atoms with Gasteiger partial charge in [0.1, 0.15) is 11.4 Å². The summed E-state index contributed by atoms with van der Waals surface area (Å²) in [6, 6.07) is 7.73. The maximum Gasteiger partial charge on any atom is 0.216 e. The van der Waals surface area contributed by atoms with Gasteiger partial charge in [-0.15, -0.1) is 0 Å². The summed E-state index contributed by atoms with van der Waals surface area (Å²) in [7, 11) is 0. The number of benzene rings is 1. The molecule has 0 saturated heterocycles. The molecule has 8 heteroatoms. The van der Waals surface area contributed by atoms with Crippen molar-refractivity contribution in [2.24, 2.45) is 5.10 Å². The van der Waals surface area contributed by atoms with Crippen molar-refractivity contribution in [3.05, 3.63) is 45.9 Å². The lowest BCUT2D eigenvalue weighted by Crippen LogP contribution is -1.97. The zero-order valence-electron chi connectivity index (χ0n) is 13.8. The minimum atomic E-state index is 0.437. The molecule has 1 aliphatic rings. The lowest BCUT2D eigenvalue weighted by molar-refractivity contribution is 0.340. The van der Waals surface area contributed by atoms with Gasteiger partial charge in [-0.1, -0.05) is 0 Å². The molecule has 0 saturated carbocycles. The van der Waals surface area contributed by atoms with Gasteiger partial charge < -0.3 is 4.74 Å².